The van der Waals surface area contributed by atoms with Crippen LogP contribution in [0.3, 0.4) is 0 Å². The molecule has 10 aromatic rings. The number of aliphatic hydroxyl groups is 1. The van der Waals surface area contributed by atoms with E-state index in [9.17, 15) is 64.7 Å². The Kier molecular flexibility index (Phi) is 42.3. The van der Waals surface area contributed by atoms with Crippen LogP contribution >= 0.6 is 45.3 Å². The van der Waals surface area contributed by atoms with Gasteiger partial charge in [0.25, 0.3) is 5.91 Å². The number of H-pyrrole nitrogens is 1. The number of carbonyl (C=O) groups is 5. The Bertz CT molecular complexity index is 4710. The molecule has 0 unspecified atom stereocenters. The number of anilines is 1. The molecule has 0 aliphatic carbocycles. The number of aromatic nitrogens is 14. The summed E-state index contributed by atoms with van der Waals surface area (Å²) >= 11 is 4.95. The lowest BCUT2D eigenvalue weighted by atomic mass is 10.2. The summed E-state index contributed by atoms with van der Waals surface area (Å²) < 4.78 is 103. The molecule has 42 heteroatoms. The number of halogens is 6. The third kappa shape index (κ3) is 38.9. The number of nitrogens with one attached hydrogen (secondary N) is 3. The zero-order chi connectivity index (χ0) is 84.0. The number of carbonyl (C=O) groups excluding carboxylic acids is 5. The molecule has 0 fully saturated rings. The number of benzene rings is 3. The van der Waals surface area contributed by atoms with Crippen molar-refractivity contribution >= 4 is 81.1 Å². The first-order chi connectivity index (χ1) is 55.1. The van der Waals surface area contributed by atoms with Crippen molar-refractivity contribution in [3.05, 3.63) is 215 Å². The normalized spacial score (nSPS) is 10.7. The average molecular weight is 1680 g/mol. The Hall–Kier alpha value is -11.2. The molecule has 115 heavy (non-hydrogen) atoms. The first-order valence-electron chi connectivity index (χ1n) is 35.8. The fourth-order valence-electron chi connectivity index (χ4n) is 9.02. The molecule has 0 saturated carbocycles. The number of nitrogens with two attached hydrogens (primary N) is 1. The number of hydrogen-bond donors (Lipinski definition) is 5. The smallest absolute Gasteiger partial charge is 0.461 e. The number of aliphatic hydroxyl groups excluding tert-OH is 1. The molecule has 2 amide bonds. The molecule has 6 N–H and O–H groups in total. The summed E-state index contributed by atoms with van der Waals surface area (Å²) in [4.78, 5) is 106. The molecule has 7 heterocycles. The van der Waals surface area contributed by atoms with Crippen molar-refractivity contribution in [2.75, 3.05) is 31.7 Å². The summed E-state index contributed by atoms with van der Waals surface area (Å²) in [7, 11) is 0. The van der Waals surface area contributed by atoms with Crippen molar-refractivity contribution in [1.29, 1.82) is 0 Å². The lowest BCUT2D eigenvalue weighted by Crippen LogP contribution is -2.25. The molecule has 0 aliphatic rings. The molecule has 620 valence electrons. The van der Waals surface area contributed by atoms with Crippen LogP contribution in [0.2, 0.25) is 0 Å². The van der Waals surface area contributed by atoms with Crippen LogP contribution < -0.4 is 42.9 Å². The van der Waals surface area contributed by atoms with Crippen molar-refractivity contribution in [1.82, 2.24) is 75.2 Å². The monoisotopic (exact) mass is 1680 g/mol. The summed E-state index contributed by atoms with van der Waals surface area (Å²) in [5, 5.41) is 49.0. The highest BCUT2D eigenvalue weighted by atomic mass is 32.1. The number of ether oxygens (including phenoxy) is 6. The topological polar surface area (TPSA) is 430 Å². The minimum absolute atomic E-state index is 0.0191. The van der Waals surface area contributed by atoms with E-state index in [1.165, 1.54) is 106 Å². The minimum atomic E-state index is -4.81. The number of esters is 3. The Morgan fingerprint density at radius 1 is 0.522 bits per heavy atom. The Morgan fingerprint density at radius 2 is 0.974 bits per heavy atom. The molecule has 32 nitrogen and oxygen atoms in total. The Labute approximate surface area is 671 Å². The maximum absolute atomic E-state index is 12.4. The van der Waals surface area contributed by atoms with Gasteiger partial charge < -0.3 is 49.6 Å². The lowest BCUT2D eigenvalue weighted by Gasteiger charge is -2.10. The number of nitrogens with zero attached hydrogens (tertiary/aromatic N) is 13. The SMILES string of the molecule is CCCCCc1nnc(C(=O)OCC)s1.CCOC(=O)c1nnc(CCCCO)s1.CCOC(=O)c1nnc(CCCCn2ccc(C)nc2=O)s1.Cc1ccnc(=O)[nH]1.NCc1cccc(OC(F)(F)F)c1.O=C(Nc1ccn(CCCCc2nnc(C(=O)NCc3cccc(OC(F)(F)F)c3)s2)c(=O)n1)OCc1ccccc1. The van der Waals surface area contributed by atoms with Gasteiger partial charge in [0.15, 0.2) is 0 Å². The van der Waals surface area contributed by atoms with Crippen molar-refractivity contribution in [3.8, 4) is 11.5 Å². The second-order valence-corrected chi connectivity index (χ2v) is 27.8. The molecule has 0 atom stereocenters. The van der Waals surface area contributed by atoms with Crippen LogP contribution in [0.5, 0.6) is 11.5 Å². The van der Waals surface area contributed by atoms with Crippen LogP contribution in [-0.2, 0) is 77.4 Å². The van der Waals surface area contributed by atoms with Gasteiger partial charge in [-0.05, 0) is 139 Å². The molecule has 3 aromatic carbocycles. The van der Waals surface area contributed by atoms with Crippen LogP contribution in [0.15, 0.2) is 130 Å². The maximum atomic E-state index is 12.4. The second kappa shape index (κ2) is 51.5. The van der Waals surface area contributed by atoms with Crippen molar-refractivity contribution in [3.63, 3.8) is 0 Å². The number of rotatable bonds is 33. The van der Waals surface area contributed by atoms with E-state index in [1.54, 1.807) is 56.7 Å². The highest BCUT2D eigenvalue weighted by Crippen LogP contribution is 2.26. The van der Waals surface area contributed by atoms with E-state index >= 15 is 0 Å². The molecule has 0 aliphatic heterocycles. The number of aromatic amines is 1. The van der Waals surface area contributed by atoms with E-state index in [-0.39, 0.29) is 71.0 Å². The number of unbranched alkanes of at least 4 members (excludes halogenated alkanes) is 5. The van der Waals surface area contributed by atoms with Gasteiger partial charge in [-0.15, -0.1) is 67.1 Å². The first-order valence-corrected chi connectivity index (χ1v) is 39.1. The number of hydrogen-bond acceptors (Lipinski definition) is 31. The van der Waals surface area contributed by atoms with Crippen molar-refractivity contribution in [2.24, 2.45) is 5.73 Å². The largest absolute Gasteiger partial charge is 0.573 e. The second-order valence-electron chi connectivity index (χ2n) is 23.6. The molecule has 0 bridgehead atoms. The van der Waals surface area contributed by atoms with Gasteiger partial charge in [0.2, 0.25) is 20.0 Å². The van der Waals surface area contributed by atoms with Crippen LogP contribution in [0, 0.1) is 13.8 Å². The molecular formula is C73H87F6N17O15S4. The molecule has 10 rings (SSSR count). The number of alkyl halides is 6. The molecule has 0 spiro atoms. The predicted octanol–water partition coefficient (Wildman–Crippen LogP) is 11.9. The predicted molar refractivity (Wildman–Crippen MR) is 414 cm³/mol. The summed E-state index contributed by atoms with van der Waals surface area (Å²) in [6.07, 6.45) is 5.54. The van der Waals surface area contributed by atoms with E-state index in [4.69, 9.17) is 29.8 Å². The van der Waals surface area contributed by atoms with Gasteiger partial charge in [0.05, 0.1) is 19.8 Å². The fourth-order valence-corrected chi connectivity index (χ4v) is 12.1. The van der Waals surface area contributed by atoms with Gasteiger partial charge in [-0.3, -0.25) is 19.2 Å². The van der Waals surface area contributed by atoms with E-state index in [0.29, 0.717) is 78.3 Å². The van der Waals surface area contributed by atoms with Crippen molar-refractivity contribution in [2.45, 2.75) is 171 Å². The maximum Gasteiger partial charge on any atom is 0.573 e. The lowest BCUT2D eigenvalue weighted by molar-refractivity contribution is -0.275. The van der Waals surface area contributed by atoms with Gasteiger partial charge in [-0.1, -0.05) is 120 Å². The van der Waals surface area contributed by atoms with Crippen LogP contribution in [0.25, 0.3) is 0 Å². The summed E-state index contributed by atoms with van der Waals surface area (Å²) in [5.74, 6) is -2.25. The first kappa shape index (κ1) is 94.4. The van der Waals surface area contributed by atoms with Gasteiger partial charge in [-0.2, -0.15) is 9.97 Å². The molecule has 0 saturated heterocycles. The van der Waals surface area contributed by atoms with Gasteiger partial charge in [0, 0.05) is 88.4 Å². The minimum Gasteiger partial charge on any atom is -0.461 e. The van der Waals surface area contributed by atoms with E-state index < -0.39 is 42.4 Å². The standard InChI is InChI=1S/C27H25F3N6O5S.C14H18N4O3S.C10H16N2O2S.C9H14N2O3S.C8H8F3NO.C5H6N2O/c28-27(29,30)41-20-10-6-9-19(15-20)16-31-23(37)24-35-34-22(42-24)11-4-5-13-36-14-12-21(32-25(36)38)33-26(39)40-17-18-7-2-1-3-8-18;1-3-21-13(19)12-17-16-11(22-12)6-4-5-8-18-9-7-10(2)15-14(18)20;1-3-5-6-7-8-11-12-9(15-8)10(13)14-4-2;1-2-14-9(13)8-11-10-7(15-8)5-3-4-6-12;9-8(10,11)13-7-3-1-2-6(4-7)5-12;1-4-2-3-6-5(8)7-4/h1-3,6-10,12,14-15H,4-5,11,13,16-17H2,(H,31,37)(H,32,33,38,39);7,9H,3-6,8H2,1-2H3;3-7H2,1-2H3;12H,2-6H2,1H3;1-4H,5,12H2;2-3H,1H3,(H,6,7,8). The number of aryl methyl sites for hydroxylation is 8. The average Bonchev–Trinajstić information content (AvgIpc) is 1.81. The summed E-state index contributed by atoms with van der Waals surface area (Å²) in [5.41, 5.74) is 7.62. The Morgan fingerprint density at radius 3 is 1.42 bits per heavy atom. The van der Waals surface area contributed by atoms with Crippen LogP contribution in [0.1, 0.15) is 173 Å². The third-order valence-electron chi connectivity index (χ3n) is 14.4. The van der Waals surface area contributed by atoms with Crippen molar-refractivity contribution < 1.29 is 83.8 Å². The molecule has 7 aromatic heterocycles. The zero-order valence-electron chi connectivity index (χ0n) is 63.5. The van der Waals surface area contributed by atoms with Gasteiger partial charge in [0.1, 0.15) is 44.0 Å². The highest BCUT2D eigenvalue weighted by molar-refractivity contribution is 7.14. The molecular weight excluding hydrogens is 1600 g/mol. The van der Waals surface area contributed by atoms with E-state index in [0.717, 1.165) is 94.7 Å². The van der Waals surface area contributed by atoms with Gasteiger partial charge in [-0.25, -0.2) is 38.5 Å². The van der Waals surface area contributed by atoms with Crippen LogP contribution in [-0.4, -0.2) is 144 Å². The quantitative estimate of drug-likeness (QED) is 0.0110. The van der Waals surface area contributed by atoms with Crippen LogP contribution in [0.4, 0.5) is 37.0 Å². The molecule has 0 radical (unpaired) electrons. The highest BCUT2D eigenvalue weighted by Gasteiger charge is 2.32. The number of amides is 2. The van der Waals surface area contributed by atoms with E-state index in [2.05, 4.69) is 87.8 Å². The van der Waals surface area contributed by atoms with E-state index in [1.807, 2.05) is 43.3 Å². The van der Waals surface area contributed by atoms with Gasteiger partial charge >= 0.3 is 53.8 Å². The summed E-state index contributed by atoms with van der Waals surface area (Å²) in [6.45, 7) is 13.5. The third-order valence-corrected chi connectivity index (χ3v) is 18.3. The zero-order valence-corrected chi connectivity index (χ0v) is 66.7. The Balaban J connectivity index is 0.000000271. The summed E-state index contributed by atoms with van der Waals surface area (Å²) in [6, 6.07) is 25.1. The fraction of sp³-hybridized carbons (Fsp3) is 0.411.